The third-order valence-corrected chi connectivity index (χ3v) is 3.59. The number of hydrogen-bond donors (Lipinski definition) is 2. The van der Waals surface area contributed by atoms with Crippen molar-refractivity contribution in [2.75, 3.05) is 0 Å². The summed E-state index contributed by atoms with van der Waals surface area (Å²) in [6.45, 7) is 0. The lowest BCUT2D eigenvalue weighted by molar-refractivity contribution is 0.0685. The Bertz CT molecular complexity index is 565. The van der Waals surface area contributed by atoms with Crippen molar-refractivity contribution < 1.29 is 19.8 Å². The first-order valence-corrected chi connectivity index (χ1v) is 6.69. The molecule has 1 heterocycles. The summed E-state index contributed by atoms with van der Waals surface area (Å²) in [5, 5.41) is 18.3. The molecular formula is C14H11NO4S. The number of hydrogen-bond acceptors (Lipinski definition) is 4. The molecule has 1 aromatic carbocycles. The molecule has 0 aliphatic heterocycles. The molecule has 0 atom stereocenters. The summed E-state index contributed by atoms with van der Waals surface area (Å²) in [5.74, 6) is -1.31. The second-order valence-corrected chi connectivity index (χ2v) is 4.98. The third kappa shape index (κ3) is 3.58. The van der Waals surface area contributed by atoms with Gasteiger partial charge in [0.1, 0.15) is 0 Å². The summed E-state index contributed by atoms with van der Waals surface area (Å²) in [7, 11) is 0. The van der Waals surface area contributed by atoms with E-state index < -0.39 is 11.9 Å². The molecule has 0 amide bonds. The van der Waals surface area contributed by atoms with E-state index in [1.807, 2.05) is 0 Å². The summed E-state index contributed by atoms with van der Waals surface area (Å²) in [5.41, 5.74) is 1.38. The largest absolute Gasteiger partial charge is 0.478 e. The zero-order valence-corrected chi connectivity index (χ0v) is 11.1. The third-order valence-electron chi connectivity index (χ3n) is 2.57. The van der Waals surface area contributed by atoms with Crippen molar-refractivity contribution in [1.29, 1.82) is 0 Å². The minimum Gasteiger partial charge on any atom is -0.478 e. The van der Waals surface area contributed by atoms with Crippen LogP contribution in [0.15, 0.2) is 47.6 Å². The Kier molecular flexibility index (Phi) is 4.37. The van der Waals surface area contributed by atoms with E-state index in [1.54, 1.807) is 30.3 Å². The van der Waals surface area contributed by atoms with Crippen molar-refractivity contribution in [2.45, 2.75) is 10.8 Å². The molecule has 0 saturated heterocycles. The van der Waals surface area contributed by atoms with Crippen molar-refractivity contribution in [3.8, 4) is 0 Å². The summed E-state index contributed by atoms with van der Waals surface area (Å²) < 4.78 is 0. The van der Waals surface area contributed by atoms with E-state index in [4.69, 9.17) is 10.2 Å². The molecule has 0 saturated carbocycles. The van der Waals surface area contributed by atoms with Crippen LogP contribution in [0.25, 0.3) is 0 Å². The number of benzene rings is 1. The van der Waals surface area contributed by atoms with Crippen molar-refractivity contribution in [3.05, 3.63) is 59.3 Å². The fourth-order valence-corrected chi connectivity index (χ4v) is 2.29. The van der Waals surface area contributed by atoms with Gasteiger partial charge in [0.2, 0.25) is 0 Å². The van der Waals surface area contributed by atoms with Gasteiger partial charge in [0, 0.05) is 11.9 Å². The van der Waals surface area contributed by atoms with Gasteiger partial charge in [-0.15, -0.1) is 11.8 Å². The van der Waals surface area contributed by atoms with Gasteiger partial charge < -0.3 is 10.2 Å². The normalized spacial score (nSPS) is 10.2. The number of aromatic nitrogens is 1. The zero-order chi connectivity index (χ0) is 14.5. The molecule has 5 nitrogen and oxygen atoms in total. The molecule has 2 aromatic rings. The lowest BCUT2D eigenvalue weighted by Crippen LogP contribution is -1.97. The summed E-state index contributed by atoms with van der Waals surface area (Å²) >= 11 is 1.46. The molecule has 0 aliphatic carbocycles. The van der Waals surface area contributed by atoms with Crippen LogP contribution in [0.4, 0.5) is 0 Å². The first-order chi connectivity index (χ1) is 9.56. The Labute approximate surface area is 119 Å². The molecule has 0 aliphatic rings. The summed E-state index contributed by atoms with van der Waals surface area (Å²) in [6, 6.07) is 9.77. The number of pyridine rings is 1. The molecule has 2 rings (SSSR count). The Balaban J connectivity index is 1.97. The molecule has 0 bridgehead atoms. The van der Waals surface area contributed by atoms with Crippen LogP contribution in [-0.4, -0.2) is 27.1 Å². The quantitative estimate of drug-likeness (QED) is 0.823. The van der Waals surface area contributed by atoms with Crippen molar-refractivity contribution in [1.82, 2.24) is 4.98 Å². The predicted molar refractivity (Wildman–Crippen MR) is 74.2 cm³/mol. The van der Waals surface area contributed by atoms with Gasteiger partial charge in [-0.25, -0.2) is 14.6 Å². The van der Waals surface area contributed by atoms with Gasteiger partial charge in [0.05, 0.1) is 16.2 Å². The average Bonchev–Trinajstić information content (AvgIpc) is 2.46. The SMILES string of the molecule is O=C(O)c1ccc(CSc2ccc(C(=O)O)cn2)cc1. The number of carboxylic acid groups (broad SMARTS) is 2. The van der Waals surface area contributed by atoms with Crippen LogP contribution in [0, 0.1) is 0 Å². The standard InChI is InChI=1S/C14H11NO4S/c16-13(17)10-3-1-9(2-4-10)8-20-12-6-5-11(7-15-12)14(18)19/h1-7H,8H2,(H,16,17)(H,18,19). The van der Waals surface area contributed by atoms with Crippen LogP contribution < -0.4 is 0 Å². The first-order valence-electron chi connectivity index (χ1n) is 5.70. The molecular weight excluding hydrogens is 278 g/mol. The monoisotopic (exact) mass is 289 g/mol. The fourth-order valence-electron chi connectivity index (χ4n) is 1.49. The topological polar surface area (TPSA) is 87.5 Å². The second kappa shape index (κ2) is 6.21. The highest BCUT2D eigenvalue weighted by Gasteiger charge is 2.05. The molecule has 0 radical (unpaired) electrons. The van der Waals surface area contributed by atoms with Crippen LogP contribution in [0.2, 0.25) is 0 Å². The Morgan fingerprint density at radius 3 is 2.05 bits per heavy atom. The molecule has 0 fully saturated rings. The molecule has 2 N–H and O–H groups in total. The van der Waals surface area contributed by atoms with Gasteiger partial charge >= 0.3 is 11.9 Å². The smallest absolute Gasteiger partial charge is 0.337 e. The number of nitrogens with zero attached hydrogens (tertiary/aromatic N) is 1. The van der Waals surface area contributed by atoms with Gasteiger partial charge in [-0.05, 0) is 29.8 Å². The highest BCUT2D eigenvalue weighted by molar-refractivity contribution is 7.98. The van der Waals surface area contributed by atoms with Crippen molar-refractivity contribution >= 4 is 23.7 Å². The Morgan fingerprint density at radius 1 is 0.950 bits per heavy atom. The van der Waals surface area contributed by atoms with Gasteiger partial charge in [-0.3, -0.25) is 0 Å². The van der Waals surface area contributed by atoms with E-state index in [1.165, 1.54) is 24.0 Å². The number of thioether (sulfide) groups is 1. The summed E-state index contributed by atoms with van der Waals surface area (Å²) in [6.07, 6.45) is 1.32. The van der Waals surface area contributed by atoms with Crippen LogP contribution in [0.3, 0.4) is 0 Å². The molecule has 0 spiro atoms. The average molecular weight is 289 g/mol. The van der Waals surface area contributed by atoms with Crippen LogP contribution >= 0.6 is 11.8 Å². The predicted octanol–water partition coefficient (Wildman–Crippen LogP) is 2.77. The van der Waals surface area contributed by atoms with Crippen LogP contribution in [0.1, 0.15) is 26.3 Å². The number of aromatic carboxylic acids is 2. The number of carboxylic acids is 2. The van der Waals surface area contributed by atoms with Gasteiger partial charge in [0.25, 0.3) is 0 Å². The van der Waals surface area contributed by atoms with E-state index in [9.17, 15) is 9.59 Å². The maximum atomic E-state index is 10.7. The van der Waals surface area contributed by atoms with E-state index in [0.717, 1.165) is 10.6 Å². The van der Waals surface area contributed by atoms with Crippen molar-refractivity contribution in [2.24, 2.45) is 0 Å². The van der Waals surface area contributed by atoms with Crippen LogP contribution in [0.5, 0.6) is 0 Å². The molecule has 20 heavy (non-hydrogen) atoms. The van der Waals surface area contributed by atoms with Gasteiger partial charge in [-0.2, -0.15) is 0 Å². The maximum Gasteiger partial charge on any atom is 0.337 e. The van der Waals surface area contributed by atoms with Gasteiger partial charge in [-0.1, -0.05) is 12.1 Å². The van der Waals surface area contributed by atoms with E-state index in [2.05, 4.69) is 4.98 Å². The minimum absolute atomic E-state index is 0.153. The van der Waals surface area contributed by atoms with Crippen molar-refractivity contribution in [3.63, 3.8) is 0 Å². The number of carbonyl (C=O) groups is 2. The highest BCUT2D eigenvalue weighted by atomic mass is 32.2. The number of rotatable bonds is 5. The fraction of sp³-hybridized carbons (Fsp3) is 0.0714. The second-order valence-electron chi connectivity index (χ2n) is 3.98. The molecule has 0 unspecified atom stereocenters. The Morgan fingerprint density at radius 2 is 1.55 bits per heavy atom. The first kappa shape index (κ1) is 14.1. The van der Waals surface area contributed by atoms with Gasteiger partial charge in [0.15, 0.2) is 0 Å². The molecule has 102 valence electrons. The molecule has 6 heteroatoms. The lowest BCUT2D eigenvalue weighted by Gasteiger charge is -2.02. The summed E-state index contributed by atoms with van der Waals surface area (Å²) in [4.78, 5) is 25.4. The van der Waals surface area contributed by atoms with E-state index in [0.29, 0.717) is 5.75 Å². The Hall–Kier alpha value is -2.34. The zero-order valence-electron chi connectivity index (χ0n) is 10.3. The van der Waals surface area contributed by atoms with Crippen LogP contribution in [-0.2, 0) is 5.75 Å². The molecule has 1 aromatic heterocycles. The minimum atomic E-state index is -1.00. The van der Waals surface area contributed by atoms with E-state index >= 15 is 0 Å². The lowest BCUT2D eigenvalue weighted by atomic mass is 10.1. The highest BCUT2D eigenvalue weighted by Crippen LogP contribution is 2.21. The van der Waals surface area contributed by atoms with E-state index in [-0.39, 0.29) is 11.1 Å². The maximum absolute atomic E-state index is 10.7.